The lowest BCUT2D eigenvalue weighted by Gasteiger charge is -2.41. The van der Waals surface area contributed by atoms with Gasteiger partial charge >= 0.3 is 0 Å². The zero-order chi connectivity index (χ0) is 24.2. The molecule has 0 aromatic heterocycles. The molecule has 1 amide bonds. The van der Waals surface area contributed by atoms with Gasteiger partial charge in [-0.1, -0.05) is 30.9 Å². The van der Waals surface area contributed by atoms with Crippen molar-refractivity contribution in [2.45, 2.75) is 51.1 Å². The Bertz CT molecular complexity index is 1040. The normalized spacial score (nSPS) is 26.0. The molecule has 1 aromatic carbocycles. The maximum Gasteiger partial charge on any atom is 0.238 e. The Hall–Kier alpha value is -3.19. The number of rotatable bonds is 7. The number of hydrogen-bond donors (Lipinski definition) is 2. The number of anilines is 1. The third-order valence-corrected chi connectivity index (χ3v) is 6.53. The van der Waals surface area contributed by atoms with E-state index < -0.39 is 5.41 Å². The summed E-state index contributed by atoms with van der Waals surface area (Å²) in [7, 11) is 3.28. The second-order valence-corrected chi connectivity index (χ2v) is 8.83. The van der Waals surface area contributed by atoms with Gasteiger partial charge in [0.1, 0.15) is 5.76 Å². The molecule has 1 fully saturated rings. The highest BCUT2D eigenvalue weighted by atomic mass is 16.5. The fourth-order valence-electron chi connectivity index (χ4n) is 4.95. The van der Waals surface area contributed by atoms with E-state index in [1.165, 1.54) is 0 Å². The molecule has 2 aliphatic heterocycles. The fourth-order valence-corrected chi connectivity index (χ4v) is 4.95. The number of piperidine rings is 1. The number of hydrogen-bond acceptors (Lipinski definition) is 6. The number of nitrogens with zero attached hydrogens (tertiary/aromatic N) is 3. The maximum absolute atomic E-state index is 14.2. The monoisotopic (exact) mass is 449 g/mol. The molecule has 3 rings (SSSR count). The average Bonchev–Trinajstić information content (AvgIpc) is 3.00. The minimum atomic E-state index is -0.644. The van der Waals surface area contributed by atoms with Crippen molar-refractivity contribution < 1.29 is 9.53 Å². The number of nitrogens with two attached hydrogens (primary N) is 1. The topological polar surface area (TPSA) is 92.3 Å². The van der Waals surface area contributed by atoms with Crippen LogP contribution in [0.5, 0.6) is 0 Å². The van der Waals surface area contributed by atoms with E-state index in [1.807, 2.05) is 30.1 Å². The predicted octanol–water partition coefficient (Wildman–Crippen LogP) is 3.40. The minimum Gasteiger partial charge on any atom is -0.497 e. The predicted molar refractivity (Wildman–Crippen MR) is 136 cm³/mol. The summed E-state index contributed by atoms with van der Waals surface area (Å²) in [5, 5.41) is 7.51. The Balaban J connectivity index is 2.04. The third-order valence-electron chi connectivity index (χ3n) is 6.53. The highest BCUT2D eigenvalue weighted by molar-refractivity contribution is 6.33. The lowest BCUT2D eigenvalue weighted by molar-refractivity contribution is -0.124. The molecule has 2 heterocycles. The number of allylic oxidation sites excluding steroid dienone is 2. The van der Waals surface area contributed by atoms with Gasteiger partial charge in [-0.05, 0) is 62.5 Å². The van der Waals surface area contributed by atoms with Gasteiger partial charge in [-0.15, -0.1) is 0 Å². The van der Waals surface area contributed by atoms with Crippen molar-refractivity contribution in [1.82, 2.24) is 5.32 Å². The number of benzene rings is 1. The van der Waals surface area contributed by atoms with Gasteiger partial charge in [0.2, 0.25) is 5.91 Å². The first-order valence-corrected chi connectivity index (χ1v) is 11.2. The molecule has 33 heavy (non-hydrogen) atoms. The second-order valence-electron chi connectivity index (χ2n) is 8.83. The standard InChI is InChI=1S/C26H35N5O2/c1-7-20(10-9-19(4)33-6)16-31-24-12-17(2)8-11-21(24)26(25(31)32)13-18(3)29-22(14-26)23(30-27)15-28-5/h7-12,15,18,22,29H,4,13-14,16,27H2,1-3,5-6H3/b10-9-,20-7+,28-15?,30-23+/t18-,22-,26+/m0/s1. The van der Waals surface area contributed by atoms with Gasteiger partial charge in [0.15, 0.2) is 0 Å². The molecule has 3 atom stereocenters. The van der Waals surface area contributed by atoms with Gasteiger partial charge < -0.3 is 20.8 Å². The van der Waals surface area contributed by atoms with Crippen LogP contribution in [0.3, 0.4) is 0 Å². The van der Waals surface area contributed by atoms with Crippen molar-refractivity contribution in [2.75, 3.05) is 25.6 Å². The number of carbonyl (C=O) groups excluding carboxylic acids is 1. The molecule has 1 spiro atoms. The van der Waals surface area contributed by atoms with E-state index in [2.05, 4.69) is 54.0 Å². The van der Waals surface area contributed by atoms with Crippen molar-refractivity contribution in [3.05, 3.63) is 65.5 Å². The molecule has 0 radical (unpaired) electrons. The van der Waals surface area contributed by atoms with Crippen LogP contribution in [0.1, 0.15) is 37.8 Å². The van der Waals surface area contributed by atoms with E-state index in [0.29, 0.717) is 30.9 Å². The largest absolute Gasteiger partial charge is 0.497 e. The average molecular weight is 450 g/mol. The quantitative estimate of drug-likeness (QED) is 0.219. The van der Waals surface area contributed by atoms with Gasteiger partial charge in [-0.25, -0.2) is 0 Å². The summed E-state index contributed by atoms with van der Waals surface area (Å²) >= 11 is 0. The van der Waals surface area contributed by atoms with E-state index in [9.17, 15) is 4.79 Å². The number of methoxy groups -OCH3 is 1. The number of hydrazone groups is 1. The summed E-state index contributed by atoms with van der Waals surface area (Å²) in [5.41, 5.74) is 4.18. The summed E-state index contributed by atoms with van der Waals surface area (Å²) in [5.74, 6) is 6.36. The van der Waals surface area contributed by atoms with Gasteiger partial charge in [0.25, 0.3) is 0 Å². The first-order chi connectivity index (χ1) is 15.8. The Labute approximate surface area is 196 Å². The van der Waals surface area contributed by atoms with Crippen LogP contribution in [0, 0.1) is 6.92 Å². The first kappa shape index (κ1) is 24.5. The van der Waals surface area contributed by atoms with Crippen LogP contribution in [0.25, 0.3) is 0 Å². The second kappa shape index (κ2) is 10.2. The molecule has 7 heteroatoms. The first-order valence-electron chi connectivity index (χ1n) is 11.2. The van der Waals surface area contributed by atoms with Crippen molar-refractivity contribution in [3.8, 4) is 0 Å². The van der Waals surface area contributed by atoms with E-state index in [4.69, 9.17) is 10.6 Å². The zero-order valence-corrected chi connectivity index (χ0v) is 20.3. The molecular formula is C26H35N5O2. The minimum absolute atomic E-state index is 0.106. The van der Waals surface area contributed by atoms with Crippen molar-refractivity contribution >= 4 is 23.5 Å². The number of aryl methyl sites for hydroxylation is 1. The molecule has 0 aliphatic carbocycles. The summed E-state index contributed by atoms with van der Waals surface area (Å²) in [6.45, 7) is 10.4. The number of fused-ring (bicyclic) bond motifs is 2. The lowest BCUT2D eigenvalue weighted by atomic mass is 9.69. The molecule has 0 bridgehead atoms. The Morgan fingerprint density at radius 3 is 2.79 bits per heavy atom. The van der Waals surface area contributed by atoms with E-state index in [1.54, 1.807) is 20.4 Å². The van der Waals surface area contributed by atoms with Crippen molar-refractivity contribution in [3.63, 3.8) is 0 Å². The Morgan fingerprint density at radius 2 is 2.15 bits per heavy atom. The van der Waals surface area contributed by atoms with Crippen LogP contribution >= 0.6 is 0 Å². The zero-order valence-electron chi connectivity index (χ0n) is 20.3. The SMILES string of the molecule is C=C(/C=C\C(=C/C)CN1C(=O)[C@]2(C[C@@H](/C(C=NC)=N/N)N[C@@H](C)C2)c2ccc(C)cc21)OC. The number of amides is 1. The molecule has 1 aromatic rings. The van der Waals surface area contributed by atoms with E-state index in [0.717, 1.165) is 22.4 Å². The van der Waals surface area contributed by atoms with Gasteiger partial charge in [0, 0.05) is 25.0 Å². The van der Waals surface area contributed by atoms with Gasteiger partial charge in [-0.3, -0.25) is 9.79 Å². The van der Waals surface area contributed by atoms with Gasteiger partial charge in [0.05, 0.1) is 30.8 Å². The number of carbonyl (C=O) groups is 1. The van der Waals surface area contributed by atoms with Crippen LogP contribution in [0.4, 0.5) is 5.69 Å². The molecular weight excluding hydrogens is 414 g/mol. The number of aliphatic imine (C=N–C) groups is 1. The highest BCUT2D eigenvalue weighted by Gasteiger charge is 2.54. The summed E-state index contributed by atoms with van der Waals surface area (Å²) < 4.78 is 5.15. The highest BCUT2D eigenvalue weighted by Crippen LogP contribution is 2.49. The maximum atomic E-state index is 14.2. The van der Waals surface area contributed by atoms with Crippen LogP contribution in [0.15, 0.2) is 64.4 Å². The summed E-state index contributed by atoms with van der Waals surface area (Å²) in [6, 6.07) is 6.26. The molecule has 176 valence electrons. The van der Waals surface area contributed by atoms with Crippen LogP contribution in [0.2, 0.25) is 0 Å². The fraction of sp³-hybridized carbons (Fsp3) is 0.423. The lowest BCUT2D eigenvalue weighted by Crippen LogP contribution is -2.57. The Kier molecular flexibility index (Phi) is 7.53. The summed E-state index contributed by atoms with van der Waals surface area (Å²) in [4.78, 5) is 20.2. The molecule has 3 N–H and O–H groups in total. The molecule has 2 aliphatic rings. The summed E-state index contributed by atoms with van der Waals surface area (Å²) in [6.07, 6.45) is 8.73. The van der Waals surface area contributed by atoms with Crippen molar-refractivity contribution in [1.29, 1.82) is 0 Å². The smallest absolute Gasteiger partial charge is 0.238 e. The van der Waals surface area contributed by atoms with Crippen LogP contribution < -0.4 is 16.1 Å². The molecule has 0 saturated carbocycles. The molecule has 7 nitrogen and oxygen atoms in total. The number of ether oxygens (including phenoxy) is 1. The molecule has 1 saturated heterocycles. The molecule has 0 unspecified atom stereocenters. The van der Waals surface area contributed by atoms with E-state index in [-0.39, 0.29) is 18.0 Å². The third kappa shape index (κ3) is 4.78. The van der Waals surface area contributed by atoms with Gasteiger partial charge in [-0.2, -0.15) is 5.10 Å². The van der Waals surface area contributed by atoms with Crippen LogP contribution in [-0.2, 0) is 14.9 Å². The number of nitrogens with one attached hydrogen (secondary N) is 1. The Morgan fingerprint density at radius 1 is 1.39 bits per heavy atom. The van der Waals surface area contributed by atoms with E-state index >= 15 is 0 Å². The van der Waals surface area contributed by atoms with Crippen LogP contribution in [-0.4, -0.2) is 50.6 Å². The van der Waals surface area contributed by atoms with Crippen molar-refractivity contribution in [2.24, 2.45) is 15.9 Å².